The van der Waals surface area contributed by atoms with Crippen molar-refractivity contribution in [2.24, 2.45) is 0 Å². The summed E-state index contributed by atoms with van der Waals surface area (Å²) in [7, 11) is -1.82. The fraction of sp³-hybridized carbons (Fsp3) is 0.385. The molecule has 0 saturated heterocycles. The first kappa shape index (κ1) is 27.2. The van der Waals surface area contributed by atoms with Crippen LogP contribution < -0.4 is 10.2 Å². The Bertz CT molecular complexity index is 819. The molecule has 1 aliphatic carbocycles. The number of allylic oxidation sites excluding steroid dienone is 4. The molecule has 4 heteroatoms. The summed E-state index contributed by atoms with van der Waals surface area (Å²) in [6, 6.07) is 19.8. The van der Waals surface area contributed by atoms with Crippen LogP contribution in [-0.4, -0.2) is 21.3 Å². The maximum absolute atomic E-state index is 13.1. The maximum Gasteiger partial charge on any atom is 2.00 e. The van der Waals surface area contributed by atoms with Crippen LogP contribution in [0.2, 0.25) is 0 Å². The molecule has 2 aromatic rings. The van der Waals surface area contributed by atoms with Gasteiger partial charge in [0.05, 0.1) is 7.77 Å². The Morgan fingerprint density at radius 2 is 1.43 bits per heavy atom. The van der Waals surface area contributed by atoms with Gasteiger partial charge in [0.2, 0.25) is 0 Å². The van der Waals surface area contributed by atoms with E-state index >= 15 is 0 Å². The topological polar surface area (TPSA) is 23.1 Å². The molecule has 0 amide bonds. The Hall–Kier alpha value is -0.871. The molecule has 2 aromatic carbocycles. The van der Waals surface area contributed by atoms with E-state index in [2.05, 4.69) is 66.7 Å². The van der Waals surface area contributed by atoms with Gasteiger partial charge in [-0.15, -0.1) is 0 Å². The molecular weight excluding hydrogens is 446 g/mol. The zero-order valence-corrected chi connectivity index (χ0v) is 22.1. The van der Waals surface area contributed by atoms with Crippen molar-refractivity contribution >= 4 is 26.3 Å². The minimum atomic E-state index is -1.52. The van der Waals surface area contributed by atoms with Gasteiger partial charge in [-0.1, -0.05) is 86.7 Å². The molecule has 1 aliphatic rings. The first-order valence-electron chi connectivity index (χ1n) is 10.3. The standard InChI is InChI=1S/C21H30OP2.C5H5.Fe/c1-16(24(20(2,3)4)21(5,6)7)18-14-11-15-19(18)23(22)17-12-9-8-10-13-17;1-2-4-5-3-1;/h8-16H,1-7H3;1-5H;/q;-1;+2. The first-order chi connectivity index (χ1) is 13.5. The molecule has 0 N–H and O–H groups in total. The Morgan fingerprint density at radius 3 is 1.87 bits per heavy atom. The molecule has 2 unspecified atom stereocenters. The number of rotatable bonds is 3. The van der Waals surface area contributed by atoms with E-state index in [1.54, 1.807) is 0 Å². The van der Waals surface area contributed by atoms with Crippen molar-refractivity contribution in [1.82, 2.24) is 0 Å². The average molecular weight is 481 g/mol. The van der Waals surface area contributed by atoms with Gasteiger partial charge in [0.15, 0.2) is 0 Å². The molecule has 0 radical (unpaired) electrons. The van der Waals surface area contributed by atoms with Gasteiger partial charge in [0.25, 0.3) is 0 Å². The van der Waals surface area contributed by atoms with Gasteiger partial charge in [-0.3, -0.25) is 0 Å². The zero-order chi connectivity index (χ0) is 21.7. The summed E-state index contributed by atoms with van der Waals surface area (Å²) in [5.41, 5.74) is 1.70. The van der Waals surface area contributed by atoms with Gasteiger partial charge >= 0.3 is 17.1 Å². The zero-order valence-electron chi connectivity index (χ0n) is 19.2. The SMILES string of the molecule is CC(C1=CC=CC1=[P+]([O-])c1ccccc1)P(C(C)(C)C)C(C)(C)C.[Fe+2].c1cc[cH-]c1. The van der Waals surface area contributed by atoms with Crippen molar-refractivity contribution in [2.75, 3.05) is 0 Å². The molecule has 2 atom stereocenters. The molecule has 0 spiro atoms. The van der Waals surface area contributed by atoms with E-state index in [0.717, 1.165) is 10.6 Å². The molecular formula is C26H35FeOP2+. The van der Waals surface area contributed by atoms with E-state index in [-0.39, 0.29) is 35.3 Å². The smallest absolute Gasteiger partial charge is 0.625 e. The Morgan fingerprint density at radius 1 is 0.900 bits per heavy atom. The molecule has 0 heterocycles. The van der Waals surface area contributed by atoms with Crippen molar-refractivity contribution < 1.29 is 22.0 Å². The van der Waals surface area contributed by atoms with Gasteiger partial charge in [0.1, 0.15) is 10.6 Å². The van der Waals surface area contributed by atoms with E-state index in [4.69, 9.17) is 0 Å². The fourth-order valence-corrected chi connectivity index (χ4v) is 10.7. The van der Waals surface area contributed by atoms with E-state index in [1.807, 2.05) is 60.7 Å². The first-order valence-corrected chi connectivity index (χ1v) is 12.9. The molecule has 162 valence electrons. The van der Waals surface area contributed by atoms with Crippen LogP contribution in [0.25, 0.3) is 0 Å². The third-order valence-electron chi connectivity index (χ3n) is 4.87. The summed E-state index contributed by atoms with van der Waals surface area (Å²) in [6.45, 7) is 16.4. The van der Waals surface area contributed by atoms with Crippen LogP contribution >= 0.6 is 15.7 Å². The predicted octanol–water partition coefficient (Wildman–Crippen LogP) is 6.61. The molecule has 0 bridgehead atoms. The summed E-state index contributed by atoms with van der Waals surface area (Å²) < 4.78 is 0. The number of hydrogen-bond donors (Lipinski definition) is 0. The van der Waals surface area contributed by atoms with E-state index in [9.17, 15) is 4.89 Å². The summed E-state index contributed by atoms with van der Waals surface area (Å²) in [4.78, 5) is 13.1. The normalized spacial score (nSPS) is 16.4. The average Bonchev–Trinajstić information content (AvgIpc) is 3.33. The second kappa shape index (κ2) is 11.7. The van der Waals surface area contributed by atoms with Gasteiger partial charge in [0, 0.05) is 11.2 Å². The second-order valence-corrected chi connectivity index (χ2v) is 15.1. The largest absolute Gasteiger partial charge is 2.00 e. The molecule has 0 aromatic heterocycles. The van der Waals surface area contributed by atoms with E-state index in [0.29, 0.717) is 5.66 Å². The molecule has 0 aliphatic heterocycles. The molecule has 0 saturated carbocycles. The van der Waals surface area contributed by atoms with Crippen LogP contribution in [0.1, 0.15) is 48.5 Å². The second-order valence-electron chi connectivity index (χ2n) is 9.35. The van der Waals surface area contributed by atoms with Gasteiger partial charge in [-0.25, -0.2) is 12.1 Å². The third kappa shape index (κ3) is 7.37. The predicted molar refractivity (Wildman–Crippen MR) is 133 cm³/mol. The van der Waals surface area contributed by atoms with Gasteiger partial charge < -0.3 is 4.89 Å². The third-order valence-corrected chi connectivity index (χ3v) is 10.4. The minimum absolute atomic E-state index is 0. The quantitative estimate of drug-likeness (QED) is 0.275. The van der Waals surface area contributed by atoms with Crippen molar-refractivity contribution in [1.29, 1.82) is 0 Å². The van der Waals surface area contributed by atoms with Gasteiger partial charge in [-0.05, 0) is 28.5 Å². The molecule has 1 nitrogen and oxygen atoms in total. The molecule has 3 rings (SSSR count). The summed E-state index contributed by atoms with van der Waals surface area (Å²) in [5.74, 6) is 0. The number of benzene rings is 1. The van der Waals surface area contributed by atoms with Crippen molar-refractivity contribution in [3.05, 3.63) is 84.5 Å². The maximum atomic E-state index is 13.1. The van der Waals surface area contributed by atoms with Crippen LogP contribution in [0.5, 0.6) is 0 Å². The van der Waals surface area contributed by atoms with Gasteiger partial charge in [-0.2, -0.15) is 18.2 Å². The Balaban J connectivity index is 0.000000655. The van der Waals surface area contributed by atoms with Crippen molar-refractivity contribution in [3.63, 3.8) is 0 Å². The number of hydrogen-bond acceptors (Lipinski definition) is 1. The van der Waals surface area contributed by atoms with Crippen LogP contribution in [-0.2, 0) is 17.1 Å². The monoisotopic (exact) mass is 481 g/mol. The molecule has 0 fully saturated rings. The minimum Gasteiger partial charge on any atom is -0.625 e. The van der Waals surface area contributed by atoms with Crippen LogP contribution in [0.4, 0.5) is 0 Å². The van der Waals surface area contributed by atoms with E-state index in [1.165, 1.54) is 5.57 Å². The molecule has 30 heavy (non-hydrogen) atoms. The van der Waals surface area contributed by atoms with Crippen LogP contribution in [0.15, 0.2) is 84.5 Å². The van der Waals surface area contributed by atoms with Crippen molar-refractivity contribution in [3.8, 4) is 0 Å². The van der Waals surface area contributed by atoms with Crippen molar-refractivity contribution in [2.45, 2.75) is 64.4 Å². The van der Waals surface area contributed by atoms with Crippen LogP contribution in [0.3, 0.4) is 0 Å². The summed E-state index contributed by atoms with van der Waals surface area (Å²) in [6.07, 6.45) is 6.30. The Kier molecular flexibility index (Phi) is 10.6. The van der Waals surface area contributed by atoms with E-state index < -0.39 is 7.77 Å². The van der Waals surface area contributed by atoms with Crippen LogP contribution in [0, 0.1) is 0 Å². The Labute approximate surface area is 196 Å². The summed E-state index contributed by atoms with van der Waals surface area (Å²) in [5, 5.41) is 2.44. The summed E-state index contributed by atoms with van der Waals surface area (Å²) >= 11 is 0. The fourth-order valence-electron chi connectivity index (χ4n) is 4.29.